The Morgan fingerprint density at radius 3 is 2.69 bits per heavy atom. The van der Waals surface area contributed by atoms with Crippen molar-refractivity contribution in [1.29, 1.82) is 0 Å². The van der Waals surface area contributed by atoms with Gasteiger partial charge >= 0.3 is 12.2 Å². The zero-order valence-electron chi connectivity index (χ0n) is 21.6. The van der Waals surface area contributed by atoms with Gasteiger partial charge in [0.15, 0.2) is 5.82 Å². The largest absolute Gasteiger partial charge is 0.475 e. The number of hydrogen-bond acceptors (Lipinski definition) is 8. The molecule has 0 saturated carbocycles. The summed E-state index contributed by atoms with van der Waals surface area (Å²) in [5.74, 6) is 0.332. The van der Waals surface area contributed by atoms with Crippen molar-refractivity contribution in [1.82, 2.24) is 15.0 Å². The highest BCUT2D eigenvalue weighted by molar-refractivity contribution is 6.03. The molecule has 2 atom stereocenters. The van der Waals surface area contributed by atoms with Crippen LogP contribution in [0, 0.1) is 6.92 Å². The van der Waals surface area contributed by atoms with Gasteiger partial charge in [-0.05, 0) is 44.5 Å². The number of nitrogens with zero attached hydrogens (tertiary/aromatic N) is 5. The molecule has 39 heavy (non-hydrogen) atoms. The molecular weight excluding hydrogens is 517 g/mol. The number of aliphatic hydroxyl groups excluding tert-OH is 2. The van der Waals surface area contributed by atoms with Crippen molar-refractivity contribution >= 4 is 23.5 Å². The van der Waals surface area contributed by atoms with Gasteiger partial charge in [0.1, 0.15) is 12.7 Å². The number of amides is 2. The van der Waals surface area contributed by atoms with Crippen molar-refractivity contribution in [2.75, 3.05) is 41.9 Å². The summed E-state index contributed by atoms with van der Waals surface area (Å²) in [4.78, 5) is 30.0. The van der Waals surface area contributed by atoms with Crippen LogP contribution in [0.4, 0.5) is 35.4 Å². The molecule has 13 heteroatoms. The lowest BCUT2D eigenvalue weighted by Gasteiger charge is -2.27. The van der Waals surface area contributed by atoms with E-state index in [0.29, 0.717) is 24.3 Å². The lowest BCUT2D eigenvalue weighted by molar-refractivity contribution is -0.137. The lowest BCUT2D eigenvalue weighted by atomic mass is 10.1. The number of benzene rings is 1. The highest BCUT2D eigenvalue weighted by atomic mass is 19.4. The number of aryl methyl sites for hydroxylation is 1. The molecule has 0 spiro atoms. The Hall–Kier alpha value is -3.97. The van der Waals surface area contributed by atoms with Crippen molar-refractivity contribution in [2.24, 2.45) is 0 Å². The van der Waals surface area contributed by atoms with Gasteiger partial charge in [0.2, 0.25) is 11.8 Å². The van der Waals surface area contributed by atoms with Crippen LogP contribution < -0.4 is 19.9 Å². The Balaban J connectivity index is 1.68. The van der Waals surface area contributed by atoms with Crippen LogP contribution in [-0.2, 0) is 6.18 Å². The van der Waals surface area contributed by atoms with Crippen LogP contribution in [0.5, 0.6) is 5.88 Å². The number of halogens is 3. The van der Waals surface area contributed by atoms with Crippen LogP contribution in [0.3, 0.4) is 0 Å². The van der Waals surface area contributed by atoms with Crippen molar-refractivity contribution in [3.63, 3.8) is 0 Å². The van der Waals surface area contributed by atoms with Crippen LogP contribution in [0.25, 0.3) is 11.3 Å². The zero-order chi connectivity index (χ0) is 28.3. The first-order valence-corrected chi connectivity index (χ1v) is 12.2. The van der Waals surface area contributed by atoms with Gasteiger partial charge in [-0.25, -0.2) is 14.8 Å². The second kappa shape index (κ2) is 11.4. The molecule has 4 rings (SSSR count). The number of nitrogens with one attached hydrogen (secondary N) is 1. The summed E-state index contributed by atoms with van der Waals surface area (Å²) in [5, 5.41) is 21.2. The number of alkyl halides is 3. The highest BCUT2D eigenvalue weighted by Crippen LogP contribution is 2.36. The summed E-state index contributed by atoms with van der Waals surface area (Å²) in [6.07, 6.45) is -5.00. The minimum absolute atomic E-state index is 0.0473. The summed E-state index contributed by atoms with van der Waals surface area (Å²) in [5.41, 5.74) is 0.879. The maximum absolute atomic E-state index is 13.6. The number of aliphatic hydroxyl groups is 2. The predicted molar refractivity (Wildman–Crippen MR) is 139 cm³/mol. The third-order valence-electron chi connectivity index (χ3n) is 6.21. The number of urea groups is 1. The first kappa shape index (κ1) is 28.0. The number of anilines is 3. The van der Waals surface area contributed by atoms with Crippen molar-refractivity contribution in [3.8, 4) is 17.1 Å². The summed E-state index contributed by atoms with van der Waals surface area (Å²) in [7, 11) is 1.85. The van der Waals surface area contributed by atoms with Crippen molar-refractivity contribution in [3.05, 3.63) is 53.7 Å². The van der Waals surface area contributed by atoms with E-state index in [1.807, 2.05) is 18.9 Å². The molecule has 1 unspecified atom stereocenters. The molecule has 0 aliphatic carbocycles. The average Bonchev–Trinajstić information content (AvgIpc) is 3.01. The molecule has 1 aliphatic rings. The molecule has 0 saturated heterocycles. The number of pyridine rings is 1. The molecule has 3 aromatic rings. The fraction of sp³-hybridized carbons (Fsp3) is 0.385. The lowest BCUT2D eigenvalue weighted by Crippen LogP contribution is -2.42. The van der Waals surface area contributed by atoms with Gasteiger partial charge < -0.3 is 19.8 Å². The molecule has 3 heterocycles. The van der Waals surface area contributed by atoms with E-state index in [-0.39, 0.29) is 41.6 Å². The van der Waals surface area contributed by atoms with E-state index in [2.05, 4.69) is 20.3 Å². The third-order valence-corrected chi connectivity index (χ3v) is 6.21. The summed E-state index contributed by atoms with van der Waals surface area (Å²) in [6, 6.07) is 8.85. The number of aromatic nitrogens is 3. The molecule has 1 aromatic carbocycles. The molecular formula is C26H29F3N6O4. The van der Waals surface area contributed by atoms with E-state index < -0.39 is 30.5 Å². The molecule has 3 N–H and O–H groups in total. The first-order chi connectivity index (χ1) is 18.5. The van der Waals surface area contributed by atoms with E-state index >= 15 is 0 Å². The third kappa shape index (κ3) is 6.55. The molecule has 0 bridgehead atoms. The maximum Gasteiger partial charge on any atom is 0.416 e. The Labute approximate surface area is 223 Å². The van der Waals surface area contributed by atoms with Crippen LogP contribution in [0.2, 0.25) is 0 Å². The zero-order valence-corrected chi connectivity index (χ0v) is 21.6. The monoisotopic (exact) mass is 546 g/mol. The standard InChI is InChI=1S/C26H29F3N6O4/c1-15-11-22(39-14-19(37)13-36)32-24(30-15)33-25(38)35-16(2)9-10-34(3)21-8-7-20(31-23(21)35)17-5-4-6-18(12-17)26(27,28)29/h4-8,11-12,16,19,36-37H,9-10,13-14H2,1-3H3,(H,30,32,33,38)/t16-,19?/m1/s1. The van der Waals surface area contributed by atoms with Crippen molar-refractivity contribution < 1.29 is 32.9 Å². The maximum atomic E-state index is 13.6. The normalized spacial score (nSPS) is 16.4. The Kier molecular flexibility index (Phi) is 8.21. The molecule has 2 amide bonds. The number of fused-ring (bicyclic) bond motifs is 1. The number of hydrogen-bond donors (Lipinski definition) is 3. The van der Waals surface area contributed by atoms with E-state index in [1.54, 1.807) is 19.1 Å². The van der Waals surface area contributed by atoms with Gasteiger partial charge in [-0.3, -0.25) is 10.2 Å². The van der Waals surface area contributed by atoms with Gasteiger partial charge in [0.25, 0.3) is 0 Å². The van der Waals surface area contributed by atoms with Crippen LogP contribution in [0.15, 0.2) is 42.5 Å². The van der Waals surface area contributed by atoms with Crippen molar-refractivity contribution in [2.45, 2.75) is 38.6 Å². The predicted octanol–water partition coefficient (Wildman–Crippen LogP) is 3.86. The first-order valence-electron chi connectivity index (χ1n) is 12.2. The van der Waals surface area contributed by atoms with Gasteiger partial charge in [-0.15, -0.1) is 0 Å². The number of carbonyl (C=O) groups is 1. The van der Waals surface area contributed by atoms with Gasteiger partial charge in [-0.2, -0.15) is 18.2 Å². The van der Waals surface area contributed by atoms with E-state index in [4.69, 9.17) is 9.84 Å². The van der Waals surface area contributed by atoms with Crippen LogP contribution in [-0.4, -0.2) is 70.1 Å². The SMILES string of the molecule is Cc1cc(OCC(O)CO)nc(NC(=O)N2c3nc(-c4cccc(C(F)(F)F)c4)ccc3N(C)CC[C@H]2C)n1. The van der Waals surface area contributed by atoms with Crippen LogP contribution >= 0.6 is 0 Å². The molecule has 10 nitrogen and oxygen atoms in total. The molecule has 0 fully saturated rings. The Bertz CT molecular complexity index is 1340. The van der Waals surface area contributed by atoms with E-state index in [1.165, 1.54) is 23.1 Å². The smallest absolute Gasteiger partial charge is 0.416 e. The van der Waals surface area contributed by atoms with E-state index in [9.17, 15) is 23.1 Å². The quantitative estimate of drug-likeness (QED) is 0.426. The van der Waals surface area contributed by atoms with Gasteiger partial charge in [-0.1, -0.05) is 12.1 Å². The Morgan fingerprint density at radius 1 is 1.21 bits per heavy atom. The fourth-order valence-corrected chi connectivity index (χ4v) is 4.13. The average molecular weight is 547 g/mol. The van der Waals surface area contributed by atoms with Crippen LogP contribution in [0.1, 0.15) is 24.6 Å². The summed E-state index contributed by atoms with van der Waals surface area (Å²) >= 11 is 0. The highest BCUT2D eigenvalue weighted by Gasteiger charge is 2.32. The number of ether oxygens (including phenoxy) is 1. The minimum atomic E-state index is -4.51. The van der Waals surface area contributed by atoms with E-state index in [0.717, 1.165) is 12.1 Å². The molecule has 208 valence electrons. The second-order valence-corrected chi connectivity index (χ2v) is 9.30. The topological polar surface area (TPSA) is 124 Å². The number of carbonyl (C=O) groups excluding carboxylic acids is 1. The molecule has 1 aliphatic heterocycles. The second-order valence-electron chi connectivity index (χ2n) is 9.30. The number of rotatable bonds is 6. The van der Waals surface area contributed by atoms with Gasteiger partial charge in [0, 0.05) is 37.0 Å². The fourth-order valence-electron chi connectivity index (χ4n) is 4.13. The summed E-state index contributed by atoms with van der Waals surface area (Å²) < 4.78 is 45.3. The minimum Gasteiger partial charge on any atom is -0.475 e. The van der Waals surface area contributed by atoms with Gasteiger partial charge in [0.05, 0.1) is 23.6 Å². The summed E-state index contributed by atoms with van der Waals surface area (Å²) in [6.45, 7) is 3.46. The molecule has 0 radical (unpaired) electrons. The Morgan fingerprint density at radius 2 is 1.97 bits per heavy atom. The molecule has 2 aromatic heterocycles.